The van der Waals surface area contributed by atoms with Crippen LogP contribution in [0.15, 0.2) is 16.5 Å². The zero-order valence-corrected chi connectivity index (χ0v) is 16.5. The third-order valence-electron chi connectivity index (χ3n) is 5.77. The molecule has 1 unspecified atom stereocenters. The van der Waals surface area contributed by atoms with Crippen LogP contribution in [0.5, 0.6) is 0 Å². The fourth-order valence-corrected chi connectivity index (χ4v) is 4.36. The summed E-state index contributed by atoms with van der Waals surface area (Å²) in [7, 11) is 0. The number of piperazine rings is 1. The van der Waals surface area contributed by atoms with Crippen LogP contribution in [-0.2, 0) is 22.7 Å². The summed E-state index contributed by atoms with van der Waals surface area (Å²) in [5.74, 6) is 1.77. The summed E-state index contributed by atoms with van der Waals surface area (Å²) in [6.07, 6.45) is 1.93. The molecule has 2 saturated heterocycles. The molecule has 3 rings (SSSR count). The molecular formula is C20H31N3O4. The Morgan fingerprint density at radius 3 is 2.48 bits per heavy atom. The maximum atomic E-state index is 13.0. The molecule has 150 valence electrons. The van der Waals surface area contributed by atoms with Crippen LogP contribution in [0.25, 0.3) is 0 Å². The van der Waals surface area contributed by atoms with Gasteiger partial charge in [-0.1, -0.05) is 13.8 Å². The molecule has 2 N–H and O–H groups in total. The SMILES string of the molecule is CCN1C(=O)C(CC(C)C)NC(=O)C12CCN(Cc1ccc(CO)o1)CC2. The summed E-state index contributed by atoms with van der Waals surface area (Å²) in [6.45, 7) is 8.63. The first kappa shape index (κ1) is 19.9. The quantitative estimate of drug-likeness (QED) is 0.785. The molecule has 7 heteroatoms. The van der Waals surface area contributed by atoms with Gasteiger partial charge in [0, 0.05) is 19.6 Å². The van der Waals surface area contributed by atoms with Crippen LogP contribution in [0.2, 0.25) is 0 Å². The molecule has 0 bridgehead atoms. The van der Waals surface area contributed by atoms with Gasteiger partial charge in [0.1, 0.15) is 29.7 Å². The van der Waals surface area contributed by atoms with Gasteiger partial charge in [-0.25, -0.2) is 0 Å². The van der Waals surface area contributed by atoms with Gasteiger partial charge in [-0.05, 0) is 44.2 Å². The van der Waals surface area contributed by atoms with Gasteiger partial charge < -0.3 is 19.7 Å². The van der Waals surface area contributed by atoms with Crippen molar-refractivity contribution < 1.29 is 19.1 Å². The number of carbonyl (C=O) groups is 2. The summed E-state index contributed by atoms with van der Waals surface area (Å²) in [4.78, 5) is 30.0. The van der Waals surface area contributed by atoms with Gasteiger partial charge in [0.05, 0.1) is 6.54 Å². The van der Waals surface area contributed by atoms with Crippen molar-refractivity contribution in [3.8, 4) is 0 Å². The van der Waals surface area contributed by atoms with Crippen molar-refractivity contribution in [2.75, 3.05) is 19.6 Å². The molecule has 2 fully saturated rings. The number of piperidine rings is 1. The first-order chi connectivity index (χ1) is 12.9. The molecule has 3 heterocycles. The van der Waals surface area contributed by atoms with Gasteiger partial charge in [-0.15, -0.1) is 0 Å². The van der Waals surface area contributed by atoms with Gasteiger partial charge in [-0.3, -0.25) is 14.5 Å². The Kier molecular flexibility index (Phi) is 5.91. The van der Waals surface area contributed by atoms with E-state index in [-0.39, 0.29) is 18.4 Å². The first-order valence-corrected chi connectivity index (χ1v) is 9.93. The molecule has 1 atom stereocenters. The summed E-state index contributed by atoms with van der Waals surface area (Å²) in [5, 5.41) is 12.1. The maximum Gasteiger partial charge on any atom is 0.246 e. The standard InChI is InChI=1S/C20H31N3O4/c1-4-23-18(25)17(11-14(2)3)21-19(26)20(23)7-9-22(10-8-20)12-15-5-6-16(13-24)27-15/h5-6,14,17,24H,4,7-13H2,1-3H3,(H,21,26). The van der Waals surface area contributed by atoms with E-state index in [0.717, 1.165) is 18.8 Å². The van der Waals surface area contributed by atoms with E-state index in [1.54, 1.807) is 6.07 Å². The molecule has 1 aromatic heterocycles. The Morgan fingerprint density at radius 1 is 1.26 bits per heavy atom. The minimum absolute atomic E-state index is 0.00480. The van der Waals surface area contributed by atoms with Crippen LogP contribution in [0.3, 0.4) is 0 Å². The molecule has 2 aliphatic rings. The number of amides is 2. The molecule has 0 aliphatic carbocycles. The summed E-state index contributed by atoms with van der Waals surface area (Å²) < 4.78 is 5.57. The van der Waals surface area contributed by atoms with Crippen molar-refractivity contribution >= 4 is 11.8 Å². The minimum Gasteiger partial charge on any atom is -0.462 e. The fraction of sp³-hybridized carbons (Fsp3) is 0.700. The number of furan rings is 1. The highest BCUT2D eigenvalue weighted by Gasteiger charge is 2.52. The van der Waals surface area contributed by atoms with Crippen LogP contribution < -0.4 is 5.32 Å². The Bertz CT molecular complexity index is 677. The highest BCUT2D eigenvalue weighted by Crippen LogP contribution is 2.34. The van der Waals surface area contributed by atoms with Gasteiger partial charge in [-0.2, -0.15) is 0 Å². The van der Waals surface area contributed by atoms with Gasteiger partial charge >= 0.3 is 0 Å². The second-order valence-electron chi connectivity index (χ2n) is 8.07. The van der Waals surface area contributed by atoms with Gasteiger partial charge in [0.2, 0.25) is 11.8 Å². The Morgan fingerprint density at radius 2 is 1.93 bits per heavy atom. The molecule has 1 spiro atoms. The van der Waals surface area contributed by atoms with Crippen LogP contribution in [0.1, 0.15) is 51.6 Å². The second-order valence-corrected chi connectivity index (χ2v) is 8.07. The highest BCUT2D eigenvalue weighted by molar-refractivity contribution is 6.00. The molecular weight excluding hydrogens is 346 g/mol. The number of hydrogen-bond donors (Lipinski definition) is 2. The lowest BCUT2D eigenvalue weighted by molar-refractivity contribution is -0.161. The fourth-order valence-electron chi connectivity index (χ4n) is 4.36. The van der Waals surface area contributed by atoms with E-state index in [1.165, 1.54) is 0 Å². The number of rotatable bonds is 6. The topological polar surface area (TPSA) is 86.0 Å². The van der Waals surface area contributed by atoms with Crippen molar-refractivity contribution in [2.24, 2.45) is 5.92 Å². The van der Waals surface area contributed by atoms with E-state index in [4.69, 9.17) is 9.52 Å². The van der Waals surface area contributed by atoms with Gasteiger partial charge in [0.25, 0.3) is 0 Å². The van der Waals surface area contributed by atoms with Crippen molar-refractivity contribution in [3.05, 3.63) is 23.7 Å². The lowest BCUT2D eigenvalue weighted by atomic mass is 9.81. The largest absolute Gasteiger partial charge is 0.462 e. The van der Waals surface area contributed by atoms with Crippen molar-refractivity contribution in [1.82, 2.24) is 15.1 Å². The van der Waals surface area contributed by atoms with Crippen LogP contribution in [-0.4, -0.2) is 57.9 Å². The molecule has 0 saturated carbocycles. The molecule has 0 aromatic carbocycles. The number of hydrogen-bond acceptors (Lipinski definition) is 5. The summed E-state index contributed by atoms with van der Waals surface area (Å²) in [6, 6.07) is 3.25. The lowest BCUT2D eigenvalue weighted by Crippen LogP contribution is -2.72. The maximum absolute atomic E-state index is 13.0. The van der Waals surface area contributed by atoms with E-state index in [0.29, 0.717) is 44.0 Å². The Balaban J connectivity index is 1.67. The van der Waals surface area contributed by atoms with E-state index in [9.17, 15) is 9.59 Å². The third-order valence-corrected chi connectivity index (χ3v) is 5.77. The van der Waals surface area contributed by atoms with Crippen molar-refractivity contribution in [3.63, 3.8) is 0 Å². The van der Waals surface area contributed by atoms with Crippen LogP contribution in [0.4, 0.5) is 0 Å². The van der Waals surface area contributed by atoms with Crippen molar-refractivity contribution in [2.45, 2.75) is 64.8 Å². The lowest BCUT2D eigenvalue weighted by Gasteiger charge is -2.51. The molecule has 7 nitrogen and oxygen atoms in total. The Hall–Kier alpha value is -1.86. The first-order valence-electron chi connectivity index (χ1n) is 9.93. The monoisotopic (exact) mass is 377 g/mol. The number of aliphatic hydroxyl groups is 1. The normalized spacial score (nSPS) is 23.3. The zero-order chi connectivity index (χ0) is 19.6. The van der Waals surface area contributed by atoms with Gasteiger partial charge in [0.15, 0.2) is 0 Å². The molecule has 1 aromatic rings. The summed E-state index contributed by atoms with van der Waals surface area (Å²) >= 11 is 0. The average molecular weight is 377 g/mol. The van der Waals surface area contributed by atoms with E-state index in [1.807, 2.05) is 17.9 Å². The molecule has 2 aliphatic heterocycles. The molecule has 27 heavy (non-hydrogen) atoms. The number of aliphatic hydroxyl groups excluding tert-OH is 1. The van der Waals surface area contributed by atoms with Crippen LogP contribution in [0, 0.1) is 5.92 Å². The van der Waals surface area contributed by atoms with Crippen molar-refractivity contribution in [1.29, 1.82) is 0 Å². The second kappa shape index (κ2) is 8.02. The predicted molar refractivity (Wildman–Crippen MR) is 101 cm³/mol. The molecule has 0 radical (unpaired) electrons. The number of nitrogens with zero attached hydrogens (tertiary/aromatic N) is 2. The third kappa shape index (κ3) is 3.89. The van der Waals surface area contributed by atoms with E-state index >= 15 is 0 Å². The number of nitrogens with one attached hydrogen (secondary N) is 1. The number of carbonyl (C=O) groups excluding carboxylic acids is 2. The minimum atomic E-state index is -0.727. The van der Waals surface area contributed by atoms with E-state index in [2.05, 4.69) is 24.1 Å². The highest BCUT2D eigenvalue weighted by atomic mass is 16.4. The zero-order valence-electron chi connectivity index (χ0n) is 16.5. The Labute approximate surface area is 160 Å². The molecule has 2 amide bonds. The number of likely N-dealkylation sites (N-methyl/N-ethyl adjacent to an activating group) is 1. The number of likely N-dealkylation sites (tertiary alicyclic amines) is 1. The smallest absolute Gasteiger partial charge is 0.246 e. The average Bonchev–Trinajstić information content (AvgIpc) is 3.09. The predicted octanol–water partition coefficient (Wildman–Crippen LogP) is 1.50. The van der Waals surface area contributed by atoms with Crippen LogP contribution >= 0.6 is 0 Å². The summed E-state index contributed by atoms with van der Waals surface area (Å²) in [5.41, 5.74) is -0.727. The van der Waals surface area contributed by atoms with E-state index < -0.39 is 11.6 Å².